The van der Waals surface area contributed by atoms with Crippen LogP contribution in [0.15, 0.2) is 65.2 Å². The van der Waals surface area contributed by atoms with E-state index in [0.717, 1.165) is 35.0 Å². The molecular formula is C24H26ClN3O2. The molecule has 0 aliphatic carbocycles. The van der Waals surface area contributed by atoms with Crippen molar-refractivity contribution in [3.63, 3.8) is 0 Å². The first-order valence-corrected chi connectivity index (χ1v) is 10.8. The number of aryl methyl sites for hydroxylation is 1. The number of likely N-dealkylation sites (tertiary alicyclic amines) is 1. The fraction of sp³-hybridized carbons (Fsp3) is 0.333. The number of amides is 1. The van der Waals surface area contributed by atoms with Crippen LogP contribution in [0.4, 0.5) is 0 Å². The van der Waals surface area contributed by atoms with Gasteiger partial charge in [0.05, 0.1) is 12.2 Å². The van der Waals surface area contributed by atoms with Crippen LogP contribution < -0.4 is 5.32 Å². The molecule has 30 heavy (non-hydrogen) atoms. The molecule has 0 unspecified atom stereocenters. The summed E-state index contributed by atoms with van der Waals surface area (Å²) in [7, 11) is 0. The molecule has 1 fully saturated rings. The maximum Gasteiger partial charge on any atom is 0.220 e. The molecule has 0 bridgehead atoms. The number of oxazole rings is 1. The molecule has 1 aliphatic heterocycles. The van der Waals surface area contributed by atoms with Crippen LogP contribution in [0.1, 0.15) is 36.8 Å². The van der Waals surface area contributed by atoms with Gasteiger partial charge in [-0.3, -0.25) is 9.69 Å². The fourth-order valence-electron chi connectivity index (χ4n) is 3.92. The highest BCUT2D eigenvalue weighted by Gasteiger charge is 2.25. The number of hydrogen-bond acceptors (Lipinski definition) is 4. The topological polar surface area (TPSA) is 58.4 Å². The summed E-state index contributed by atoms with van der Waals surface area (Å²) in [5.74, 6) is 1.29. The van der Waals surface area contributed by atoms with E-state index in [1.165, 1.54) is 12.8 Å². The predicted molar refractivity (Wildman–Crippen MR) is 118 cm³/mol. The molecule has 1 aliphatic rings. The highest BCUT2D eigenvalue weighted by Crippen LogP contribution is 2.29. The second-order valence-electron chi connectivity index (χ2n) is 7.57. The highest BCUT2D eigenvalue weighted by molar-refractivity contribution is 6.31. The zero-order valence-electron chi connectivity index (χ0n) is 16.9. The minimum atomic E-state index is -0.00860. The van der Waals surface area contributed by atoms with Gasteiger partial charge in [-0.1, -0.05) is 60.1 Å². The van der Waals surface area contributed by atoms with Crippen molar-refractivity contribution in [2.45, 2.75) is 31.7 Å². The number of benzene rings is 2. The Balaban J connectivity index is 1.33. The zero-order valence-corrected chi connectivity index (χ0v) is 17.6. The Kier molecular flexibility index (Phi) is 6.82. The summed E-state index contributed by atoms with van der Waals surface area (Å²) in [6, 6.07) is 17.8. The third-order valence-corrected chi connectivity index (χ3v) is 5.86. The minimum absolute atomic E-state index is 0.00860. The highest BCUT2D eigenvalue weighted by atomic mass is 35.5. The zero-order chi connectivity index (χ0) is 20.8. The molecule has 0 spiro atoms. The Bertz CT molecular complexity index is 967. The van der Waals surface area contributed by atoms with Gasteiger partial charge in [0.1, 0.15) is 0 Å². The van der Waals surface area contributed by atoms with Crippen LogP contribution in [0.3, 0.4) is 0 Å². The Morgan fingerprint density at radius 3 is 2.60 bits per heavy atom. The molecule has 3 aromatic rings. The molecule has 1 amide bonds. The summed E-state index contributed by atoms with van der Waals surface area (Å²) in [5.41, 5.74) is 2.05. The van der Waals surface area contributed by atoms with E-state index in [1.807, 2.05) is 48.5 Å². The van der Waals surface area contributed by atoms with Crippen LogP contribution in [-0.4, -0.2) is 35.4 Å². The van der Waals surface area contributed by atoms with Crippen molar-refractivity contribution < 1.29 is 9.21 Å². The molecule has 1 aromatic heterocycles. The lowest BCUT2D eigenvalue weighted by atomic mass is 10.1. The standard InChI is InChI=1S/C24H26ClN3O2/c25-20-11-5-4-10-19(20)21(28-14-6-7-15-28)16-26-23(29)12-13-24-27-17-22(30-24)18-8-2-1-3-9-18/h1-5,8-11,17,21H,6-7,12-16H2,(H,26,29)/t21-/m0/s1. The van der Waals surface area contributed by atoms with Crippen LogP contribution in [0.25, 0.3) is 11.3 Å². The summed E-state index contributed by atoms with van der Waals surface area (Å²) in [6.07, 6.45) is 4.89. The molecule has 0 saturated carbocycles. The maximum atomic E-state index is 12.5. The van der Waals surface area contributed by atoms with E-state index in [4.69, 9.17) is 16.0 Å². The molecule has 6 heteroatoms. The first-order valence-electron chi connectivity index (χ1n) is 10.5. The van der Waals surface area contributed by atoms with Gasteiger partial charge in [-0.25, -0.2) is 4.98 Å². The number of nitrogens with one attached hydrogen (secondary N) is 1. The first-order chi connectivity index (χ1) is 14.7. The summed E-state index contributed by atoms with van der Waals surface area (Å²) in [5, 5.41) is 3.83. The second-order valence-corrected chi connectivity index (χ2v) is 7.98. The molecule has 1 atom stereocenters. The van der Waals surface area contributed by atoms with Crippen molar-refractivity contribution in [3.8, 4) is 11.3 Å². The van der Waals surface area contributed by atoms with E-state index >= 15 is 0 Å². The lowest BCUT2D eigenvalue weighted by Crippen LogP contribution is -2.37. The summed E-state index contributed by atoms with van der Waals surface area (Å²) < 4.78 is 5.80. The van der Waals surface area contributed by atoms with E-state index in [1.54, 1.807) is 6.20 Å². The van der Waals surface area contributed by atoms with Gasteiger partial charge >= 0.3 is 0 Å². The largest absolute Gasteiger partial charge is 0.441 e. The van der Waals surface area contributed by atoms with Crippen molar-refractivity contribution >= 4 is 17.5 Å². The normalized spacial score (nSPS) is 15.2. The first kappa shape index (κ1) is 20.6. The second kappa shape index (κ2) is 9.92. The lowest BCUT2D eigenvalue weighted by molar-refractivity contribution is -0.121. The van der Waals surface area contributed by atoms with Crippen LogP contribution in [0.5, 0.6) is 0 Å². The summed E-state index contributed by atoms with van der Waals surface area (Å²) in [6.45, 7) is 2.61. The fourth-order valence-corrected chi connectivity index (χ4v) is 4.18. The summed E-state index contributed by atoms with van der Waals surface area (Å²) in [4.78, 5) is 19.2. The van der Waals surface area contributed by atoms with E-state index in [-0.39, 0.29) is 11.9 Å². The molecule has 4 rings (SSSR count). The van der Waals surface area contributed by atoms with E-state index in [0.29, 0.717) is 25.3 Å². The lowest BCUT2D eigenvalue weighted by Gasteiger charge is -2.29. The smallest absolute Gasteiger partial charge is 0.220 e. The van der Waals surface area contributed by atoms with Crippen molar-refractivity contribution in [1.82, 2.24) is 15.2 Å². The third kappa shape index (κ3) is 5.10. The molecular weight excluding hydrogens is 398 g/mol. The van der Waals surface area contributed by atoms with Gasteiger partial charge in [-0.15, -0.1) is 0 Å². The molecule has 2 heterocycles. The monoisotopic (exact) mass is 423 g/mol. The Morgan fingerprint density at radius 1 is 1.10 bits per heavy atom. The number of halogens is 1. The van der Waals surface area contributed by atoms with Gasteiger partial charge in [0.25, 0.3) is 0 Å². The average Bonchev–Trinajstić information content (AvgIpc) is 3.47. The average molecular weight is 424 g/mol. The Morgan fingerprint density at radius 2 is 1.83 bits per heavy atom. The number of carbonyl (C=O) groups is 1. The van der Waals surface area contributed by atoms with E-state index in [2.05, 4.69) is 21.3 Å². The minimum Gasteiger partial charge on any atom is -0.441 e. The number of nitrogens with zero attached hydrogens (tertiary/aromatic N) is 2. The van der Waals surface area contributed by atoms with Crippen molar-refractivity contribution in [2.75, 3.05) is 19.6 Å². The predicted octanol–water partition coefficient (Wildman–Crippen LogP) is 4.88. The van der Waals surface area contributed by atoms with Crippen molar-refractivity contribution in [1.29, 1.82) is 0 Å². The summed E-state index contributed by atoms with van der Waals surface area (Å²) >= 11 is 6.45. The van der Waals surface area contributed by atoms with Crippen molar-refractivity contribution in [2.24, 2.45) is 0 Å². The molecule has 2 aromatic carbocycles. The molecule has 156 valence electrons. The number of carbonyl (C=O) groups excluding carboxylic acids is 1. The van der Waals surface area contributed by atoms with Gasteiger partial charge in [-0.2, -0.15) is 0 Å². The quantitative estimate of drug-likeness (QED) is 0.561. The molecule has 5 nitrogen and oxygen atoms in total. The van der Waals surface area contributed by atoms with E-state index < -0.39 is 0 Å². The van der Waals surface area contributed by atoms with Gasteiger partial charge in [0.15, 0.2) is 11.7 Å². The number of hydrogen-bond donors (Lipinski definition) is 1. The van der Waals surface area contributed by atoms with Gasteiger partial charge in [0.2, 0.25) is 5.91 Å². The van der Waals surface area contributed by atoms with Gasteiger partial charge in [-0.05, 0) is 37.6 Å². The van der Waals surface area contributed by atoms with E-state index in [9.17, 15) is 4.79 Å². The van der Waals surface area contributed by atoms with Gasteiger partial charge in [0, 0.05) is 30.0 Å². The van der Waals surface area contributed by atoms with Gasteiger partial charge < -0.3 is 9.73 Å². The van der Waals surface area contributed by atoms with Crippen molar-refractivity contribution in [3.05, 3.63) is 77.3 Å². The Hall–Kier alpha value is -2.63. The third-order valence-electron chi connectivity index (χ3n) is 5.52. The van der Waals surface area contributed by atoms with Crippen LogP contribution >= 0.6 is 11.6 Å². The molecule has 1 saturated heterocycles. The Labute approximate surface area is 182 Å². The van der Waals surface area contributed by atoms with Crippen LogP contribution in [-0.2, 0) is 11.2 Å². The number of rotatable bonds is 8. The molecule has 1 N–H and O–H groups in total. The SMILES string of the molecule is O=C(CCc1ncc(-c2ccccc2)o1)NC[C@@H](c1ccccc1Cl)N1CCCC1. The van der Waals surface area contributed by atoms with Crippen LogP contribution in [0, 0.1) is 0 Å². The number of aromatic nitrogens is 1. The molecule has 0 radical (unpaired) electrons. The maximum absolute atomic E-state index is 12.5. The van der Waals surface area contributed by atoms with Crippen LogP contribution in [0.2, 0.25) is 5.02 Å².